The Morgan fingerprint density at radius 2 is 2.17 bits per heavy atom. The molecule has 0 amide bonds. The molecule has 0 aliphatic carbocycles. The number of nitrogens with zero attached hydrogens (tertiary/aromatic N) is 2. The fourth-order valence-electron chi connectivity index (χ4n) is 1.72. The van der Waals surface area contributed by atoms with E-state index in [1.165, 1.54) is 6.07 Å². The second kappa shape index (κ2) is 5.97. The molecule has 1 aromatic rings. The highest BCUT2D eigenvalue weighted by molar-refractivity contribution is 5.17. The van der Waals surface area contributed by atoms with Gasteiger partial charge in [0.05, 0.1) is 12.6 Å². The number of hydrogen-bond donors (Lipinski definition) is 1. The Morgan fingerprint density at radius 1 is 1.50 bits per heavy atom. The molecule has 0 bridgehead atoms. The van der Waals surface area contributed by atoms with Crippen LogP contribution < -0.4 is 5.73 Å². The van der Waals surface area contributed by atoms with Gasteiger partial charge >= 0.3 is 5.88 Å². The summed E-state index contributed by atoms with van der Waals surface area (Å²) in [4.78, 5) is 12.2. The summed E-state index contributed by atoms with van der Waals surface area (Å²) in [5, 5.41) is 10.5. The van der Waals surface area contributed by atoms with Gasteiger partial charge in [-0.25, -0.2) is 0 Å². The largest absolute Gasteiger partial charge is 0.433 e. The summed E-state index contributed by atoms with van der Waals surface area (Å²) in [5.74, 6) is 0.399. The first-order valence-electron chi connectivity index (χ1n) is 6.03. The highest BCUT2D eigenvalue weighted by Crippen LogP contribution is 2.20. The molecule has 0 saturated carbocycles. The van der Waals surface area contributed by atoms with Crippen LogP contribution in [0.5, 0.6) is 0 Å². The highest BCUT2D eigenvalue weighted by atomic mass is 16.6. The van der Waals surface area contributed by atoms with Gasteiger partial charge in [-0.2, -0.15) is 0 Å². The monoisotopic (exact) mass is 255 g/mol. The van der Waals surface area contributed by atoms with Gasteiger partial charge in [-0.3, -0.25) is 15.0 Å². The van der Waals surface area contributed by atoms with Gasteiger partial charge in [0.25, 0.3) is 0 Å². The molecule has 1 rings (SSSR count). The van der Waals surface area contributed by atoms with Crippen molar-refractivity contribution in [3.05, 3.63) is 28.0 Å². The summed E-state index contributed by atoms with van der Waals surface area (Å²) >= 11 is 0. The van der Waals surface area contributed by atoms with Crippen LogP contribution in [-0.4, -0.2) is 29.5 Å². The lowest BCUT2D eigenvalue weighted by molar-refractivity contribution is -0.402. The maximum absolute atomic E-state index is 10.5. The molecule has 6 heteroatoms. The van der Waals surface area contributed by atoms with Crippen LogP contribution in [-0.2, 0) is 6.54 Å². The molecule has 0 unspecified atom stereocenters. The minimum absolute atomic E-state index is 0.0224. The fourth-order valence-corrected chi connectivity index (χ4v) is 1.72. The van der Waals surface area contributed by atoms with E-state index in [0.717, 1.165) is 13.1 Å². The minimum Gasteiger partial charge on any atom is -0.404 e. The first-order chi connectivity index (χ1) is 8.38. The third-order valence-electron chi connectivity index (χ3n) is 2.86. The van der Waals surface area contributed by atoms with E-state index < -0.39 is 4.92 Å². The van der Waals surface area contributed by atoms with E-state index in [2.05, 4.69) is 18.7 Å². The molecule has 0 saturated heterocycles. The van der Waals surface area contributed by atoms with E-state index in [1.807, 2.05) is 6.92 Å². The average molecular weight is 255 g/mol. The lowest BCUT2D eigenvalue weighted by atomic mass is 9.93. The molecule has 0 aromatic carbocycles. The van der Waals surface area contributed by atoms with Gasteiger partial charge in [0.15, 0.2) is 0 Å². The van der Waals surface area contributed by atoms with Crippen molar-refractivity contribution in [2.75, 3.05) is 19.6 Å². The SMILES string of the molecule is CCN(Cc1ccc([N+](=O)[O-])o1)CC(C)(C)CN. The molecule has 102 valence electrons. The van der Waals surface area contributed by atoms with Crippen molar-refractivity contribution < 1.29 is 9.34 Å². The predicted octanol–water partition coefficient (Wildman–Crippen LogP) is 1.99. The molecular weight excluding hydrogens is 234 g/mol. The van der Waals surface area contributed by atoms with Crippen LogP contribution in [0.25, 0.3) is 0 Å². The Morgan fingerprint density at radius 3 is 2.61 bits per heavy atom. The lowest BCUT2D eigenvalue weighted by Crippen LogP contribution is -2.38. The summed E-state index contributed by atoms with van der Waals surface area (Å²) in [6, 6.07) is 3.04. The van der Waals surface area contributed by atoms with Crippen molar-refractivity contribution in [3.63, 3.8) is 0 Å². The molecule has 0 aliphatic heterocycles. The second-order valence-electron chi connectivity index (χ2n) is 5.17. The van der Waals surface area contributed by atoms with Crippen molar-refractivity contribution in [1.82, 2.24) is 4.90 Å². The van der Waals surface area contributed by atoms with Crippen LogP contribution in [0.1, 0.15) is 26.5 Å². The Bertz CT molecular complexity index is 401. The molecule has 0 fully saturated rings. The molecule has 2 N–H and O–H groups in total. The second-order valence-corrected chi connectivity index (χ2v) is 5.17. The average Bonchev–Trinajstić information content (AvgIpc) is 2.76. The normalized spacial score (nSPS) is 12.1. The van der Waals surface area contributed by atoms with E-state index in [1.54, 1.807) is 6.07 Å². The summed E-state index contributed by atoms with van der Waals surface area (Å²) in [6.07, 6.45) is 0. The first-order valence-corrected chi connectivity index (χ1v) is 6.03. The summed E-state index contributed by atoms with van der Waals surface area (Å²) in [6.45, 7) is 9.08. The van der Waals surface area contributed by atoms with Gasteiger partial charge in [0, 0.05) is 6.54 Å². The molecule has 0 aliphatic rings. The fraction of sp³-hybridized carbons (Fsp3) is 0.667. The topological polar surface area (TPSA) is 85.5 Å². The quantitative estimate of drug-likeness (QED) is 0.595. The lowest BCUT2D eigenvalue weighted by Gasteiger charge is -2.30. The molecule has 0 atom stereocenters. The van der Waals surface area contributed by atoms with Gasteiger partial charge in [-0.05, 0) is 24.6 Å². The number of nitrogens with two attached hydrogens (primary N) is 1. The zero-order chi connectivity index (χ0) is 13.8. The highest BCUT2D eigenvalue weighted by Gasteiger charge is 2.21. The molecule has 0 radical (unpaired) electrons. The summed E-state index contributed by atoms with van der Waals surface area (Å²) in [5.41, 5.74) is 5.73. The maximum Gasteiger partial charge on any atom is 0.433 e. The predicted molar refractivity (Wildman–Crippen MR) is 69.1 cm³/mol. The van der Waals surface area contributed by atoms with E-state index >= 15 is 0 Å². The molecule has 18 heavy (non-hydrogen) atoms. The maximum atomic E-state index is 10.5. The number of hydrogen-bond acceptors (Lipinski definition) is 5. The Labute approximate surface area is 107 Å². The number of rotatable bonds is 7. The van der Waals surface area contributed by atoms with Crippen LogP contribution >= 0.6 is 0 Å². The van der Waals surface area contributed by atoms with E-state index in [-0.39, 0.29) is 11.3 Å². The number of nitro groups is 1. The van der Waals surface area contributed by atoms with Gasteiger partial charge in [0.2, 0.25) is 0 Å². The van der Waals surface area contributed by atoms with Crippen molar-refractivity contribution in [3.8, 4) is 0 Å². The number of furan rings is 1. The van der Waals surface area contributed by atoms with E-state index in [4.69, 9.17) is 10.2 Å². The summed E-state index contributed by atoms with van der Waals surface area (Å²) < 4.78 is 5.15. The third-order valence-corrected chi connectivity index (χ3v) is 2.86. The van der Waals surface area contributed by atoms with Crippen LogP contribution in [0.3, 0.4) is 0 Å². The van der Waals surface area contributed by atoms with Gasteiger partial charge in [-0.15, -0.1) is 0 Å². The van der Waals surface area contributed by atoms with Crippen molar-refractivity contribution in [1.29, 1.82) is 0 Å². The zero-order valence-electron chi connectivity index (χ0n) is 11.2. The van der Waals surface area contributed by atoms with Gasteiger partial charge in [0.1, 0.15) is 10.7 Å². The molecule has 6 nitrogen and oxygen atoms in total. The van der Waals surface area contributed by atoms with Crippen LogP contribution in [0.2, 0.25) is 0 Å². The molecular formula is C12H21N3O3. The minimum atomic E-state index is -0.524. The van der Waals surface area contributed by atoms with Crippen molar-refractivity contribution in [2.45, 2.75) is 27.3 Å². The van der Waals surface area contributed by atoms with Crippen LogP contribution in [0.4, 0.5) is 5.88 Å². The molecule has 1 heterocycles. The standard InChI is InChI=1S/C12H21N3O3/c1-4-14(9-12(2,3)8-13)7-10-5-6-11(18-10)15(16)17/h5-6H,4,7-9,13H2,1-3H3. The first kappa shape index (κ1) is 14.7. The zero-order valence-corrected chi connectivity index (χ0v) is 11.2. The Hall–Kier alpha value is -1.40. The third kappa shape index (κ3) is 4.12. The Balaban J connectivity index is 2.65. The van der Waals surface area contributed by atoms with E-state index in [0.29, 0.717) is 18.8 Å². The van der Waals surface area contributed by atoms with Gasteiger partial charge < -0.3 is 10.2 Å². The van der Waals surface area contributed by atoms with E-state index in [9.17, 15) is 10.1 Å². The van der Waals surface area contributed by atoms with Gasteiger partial charge in [-0.1, -0.05) is 20.8 Å². The smallest absolute Gasteiger partial charge is 0.404 e. The Kier molecular flexibility index (Phi) is 4.86. The summed E-state index contributed by atoms with van der Waals surface area (Å²) in [7, 11) is 0. The van der Waals surface area contributed by atoms with Crippen LogP contribution in [0.15, 0.2) is 16.5 Å². The molecule has 1 aromatic heterocycles. The van der Waals surface area contributed by atoms with Crippen molar-refractivity contribution in [2.24, 2.45) is 11.1 Å². The van der Waals surface area contributed by atoms with Crippen LogP contribution in [0, 0.1) is 15.5 Å². The molecule has 0 spiro atoms. The van der Waals surface area contributed by atoms with Crippen molar-refractivity contribution >= 4 is 5.88 Å².